The minimum Gasteiger partial charge on any atom is -0.340 e. The molecule has 1 aliphatic rings. The second-order valence-corrected chi connectivity index (χ2v) is 3.57. The molecule has 0 bridgehead atoms. The molecular weight excluding hydrogens is 180 g/mol. The molecule has 1 aromatic heterocycles. The lowest BCUT2D eigenvalue weighted by Crippen LogP contribution is -2.44. The Kier molecular flexibility index (Phi) is 3.10. The number of aryl methyl sites for hydroxylation is 1. The van der Waals surface area contributed by atoms with E-state index in [0.29, 0.717) is 5.89 Å². The van der Waals surface area contributed by atoms with Crippen molar-refractivity contribution >= 4 is 0 Å². The van der Waals surface area contributed by atoms with Crippen molar-refractivity contribution < 1.29 is 4.52 Å². The Labute approximate surface area is 83.5 Å². The summed E-state index contributed by atoms with van der Waals surface area (Å²) in [6, 6.07) is 0. The molecule has 2 rings (SSSR count). The molecule has 0 aliphatic carbocycles. The van der Waals surface area contributed by atoms with Gasteiger partial charge in [0.2, 0.25) is 5.89 Å². The first-order valence-electron chi connectivity index (χ1n) is 5.07. The van der Waals surface area contributed by atoms with Crippen LogP contribution in [0.4, 0.5) is 0 Å². The van der Waals surface area contributed by atoms with E-state index in [1.807, 2.05) is 6.92 Å². The summed E-state index contributed by atoms with van der Waals surface area (Å²) in [7, 11) is 0. The quantitative estimate of drug-likeness (QED) is 0.727. The van der Waals surface area contributed by atoms with Crippen molar-refractivity contribution in [2.75, 3.05) is 32.7 Å². The van der Waals surface area contributed by atoms with Crippen LogP contribution in [0.2, 0.25) is 0 Å². The number of nitrogens with zero attached hydrogens (tertiary/aromatic N) is 3. The molecule has 1 aromatic rings. The van der Waals surface area contributed by atoms with E-state index in [-0.39, 0.29) is 0 Å². The number of aromatic nitrogens is 2. The van der Waals surface area contributed by atoms with Crippen LogP contribution in [0.5, 0.6) is 0 Å². The van der Waals surface area contributed by atoms with Crippen molar-refractivity contribution in [3.8, 4) is 0 Å². The molecule has 1 fully saturated rings. The van der Waals surface area contributed by atoms with E-state index in [9.17, 15) is 0 Å². The highest BCUT2D eigenvalue weighted by atomic mass is 16.5. The van der Waals surface area contributed by atoms with Crippen LogP contribution < -0.4 is 5.32 Å². The molecule has 78 valence electrons. The first-order valence-corrected chi connectivity index (χ1v) is 5.07. The second-order valence-electron chi connectivity index (χ2n) is 3.57. The van der Waals surface area contributed by atoms with Gasteiger partial charge in [0.15, 0.2) is 5.82 Å². The summed E-state index contributed by atoms with van der Waals surface area (Å²) in [5, 5.41) is 7.20. The van der Waals surface area contributed by atoms with Crippen molar-refractivity contribution in [1.29, 1.82) is 0 Å². The van der Waals surface area contributed by atoms with E-state index in [0.717, 1.165) is 45.0 Å². The molecule has 5 heteroatoms. The van der Waals surface area contributed by atoms with Crippen LogP contribution in [-0.2, 0) is 6.42 Å². The van der Waals surface area contributed by atoms with Crippen LogP contribution in [0.1, 0.15) is 11.7 Å². The summed E-state index contributed by atoms with van der Waals surface area (Å²) in [5.41, 5.74) is 0. The zero-order valence-electron chi connectivity index (χ0n) is 8.49. The van der Waals surface area contributed by atoms with E-state index >= 15 is 0 Å². The van der Waals surface area contributed by atoms with Gasteiger partial charge in [-0.15, -0.1) is 0 Å². The molecule has 1 N–H and O–H groups in total. The molecule has 0 aromatic carbocycles. The number of piperazine rings is 1. The molecule has 0 amide bonds. The van der Waals surface area contributed by atoms with E-state index in [1.54, 1.807) is 0 Å². The van der Waals surface area contributed by atoms with Crippen molar-refractivity contribution in [2.45, 2.75) is 13.3 Å². The van der Waals surface area contributed by atoms with Gasteiger partial charge in [0.05, 0.1) is 0 Å². The number of hydrogen-bond acceptors (Lipinski definition) is 5. The van der Waals surface area contributed by atoms with Gasteiger partial charge >= 0.3 is 0 Å². The Morgan fingerprint density at radius 2 is 2.21 bits per heavy atom. The van der Waals surface area contributed by atoms with E-state index in [2.05, 4.69) is 20.4 Å². The molecule has 5 nitrogen and oxygen atoms in total. The van der Waals surface area contributed by atoms with E-state index in [1.165, 1.54) is 0 Å². The van der Waals surface area contributed by atoms with Crippen LogP contribution in [0.15, 0.2) is 4.52 Å². The van der Waals surface area contributed by atoms with Crippen LogP contribution >= 0.6 is 0 Å². The molecular formula is C9H16N4O. The molecule has 0 spiro atoms. The van der Waals surface area contributed by atoms with E-state index < -0.39 is 0 Å². The number of hydrogen-bond donors (Lipinski definition) is 1. The standard InChI is InChI=1S/C9H16N4O/c1-8-11-9(12-14-8)2-5-13-6-3-10-4-7-13/h10H,2-7H2,1H3. The maximum Gasteiger partial charge on any atom is 0.223 e. The Morgan fingerprint density at radius 1 is 1.43 bits per heavy atom. The zero-order valence-corrected chi connectivity index (χ0v) is 8.49. The Hall–Kier alpha value is -0.940. The third kappa shape index (κ3) is 2.52. The smallest absolute Gasteiger partial charge is 0.223 e. The minimum absolute atomic E-state index is 0.653. The lowest BCUT2D eigenvalue weighted by Gasteiger charge is -2.26. The third-order valence-corrected chi connectivity index (χ3v) is 2.43. The fraction of sp³-hybridized carbons (Fsp3) is 0.778. The van der Waals surface area contributed by atoms with Crippen molar-refractivity contribution in [3.05, 3.63) is 11.7 Å². The van der Waals surface area contributed by atoms with Crippen LogP contribution in [-0.4, -0.2) is 47.8 Å². The monoisotopic (exact) mass is 196 g/mol. The molecule has 0 radical (unpaired) electrons. The molecule has 0 unspecified atom stereocenters. The highest BCUT2D eigenvalue weighted by molar-refractivity contribution is 4.85. The Bertz CT molecular complexity index is 280. The van der Waals surface area contributed by atoms with Gasteiger partial charge in [-0.3, -0.25) is 0 Å². The number of nitrogens with one attached hydrogen (secondary N) is 1. The highest BCUT2D eigenvalue weighted by Gasteiger charge is 2.10. The van der Waals surface area contributed by atoms with E-state index in [4.69, 9.17) is 4.52 Å². The summed E-state index contributed by atoms with van der Waals surface area (Å²) in [4.78, 5) is 6.59. The summed E-state index contributed by atoms with van der Waals surface area (Å²) >= 11 is 0. The summed E-state index contributed by atoms with van der Waals surface area (Å²) in [5.74, 6) is 1.47. The fourth-order valence-electron chi connectivity index (χ4n) is 1.64. The number of rotatable bonds is 3. The van der Waals surface area contributed by atoms with Gasteiger partial charge in [0, 0.05) is 46.1 Å². The summed E-state index contributed by atoms with van der Waals surface area (Å²) in [6.45, 7) is 7.27. The van der Waals surface area contributed by atoms with Gasteiger partial charge in [-0.25, -0.2) is 0 Å². The molecule has 14 heavy (non-hydrogen) atoms. The topological polar surface area (TPSA) is 54.2 Å². The van der Waals surface area contributed by atoms with Crippen molar-refractivity contribution in [1.82, 2.24) is 20.4 Å². The Morgan fingerprint density at radius 3 is 2.86 bits per heavy atom. The van der Waals surface area contributed by atoms with Crippen LogP contribution in [0.25, 0.3) is 0 Å². The zero-order chi connectivity index (χ0) is 9.80. The SMILES string of the molecule is Cc1nc(CCN2CCNCC2)no1. The largest absolute Gasteiger partial charge is 0.340 e. The second kappa shape index (κ2) is 4.52. The summed E-state index contributed by atoms with van der Waals surface area (Å²) < 4.78 is 4.91. The average Bonchev–Trinajstić information content (AvgIpc) is 2.63. The molecule has 1 saturated heterocycles. The maximum atomic E-state index is 4.91. The fourth-order valence-corrected chi connectivity index (χ4v) is 1.64. The van der Waals surface area contributed by atoms with Crippen LogP contribution in [0, 0.1) is 6.92 Å². The van der Waals surface area contributed by atoms with Crippen molar-refractivity contribution in [2.24, 2.45) is 0 Å². The Balaban J connectivity index is 1.76. The van der Waals surface area contributed by atoms with Crippen molar-refractivity contribution in [3.63, 3.8) is 0 Å². The average molecular weight is 196 g/mol. The molecule has 0 atom stereocenters. The van der Waals surface area contributed by atoms with Crippen LogP contribution in [0.3, 0.4) is 0 Å². The minimum atomic E-state index is 0.653. The van der Waals surface area contributed by atoms with Gasteiger partial charge in [0.1, 0.15) is 0 Å². The summed E-state index contributed by atoms with van der Waals surface area (Å²) in [6.07, 6.45) is 0.886. The predicted octanol–water partition coefficient (Wildman–Crippen LogP) is -0.174. The molecule has 2 heterocycles. The first-order chi connectivity index (χ1) is 6.84. The lowest BCUT2D eigenvalue weighted by molar-refractivity contribution is 0.241. The van der Waals surface area contributed by atoms with Gasteiger partial charge in [-0.1, -0.05) is 5.16 Å². The van der Waals surface area contributed by atoms with Gasteiger partial charge < -0.3 is 14.7 Å². The highest BCUT2D eigenvalue weighted by Crippen LogP contribution is 1.99. The van der Waals surface area contributed by atoms with Gasteiger partial charge in [-0.05, 0) is 0 Å². The first kappa shape index (κ1) is 9.61. The van der Waals surface area contributed by atoms with Gasteiger partial charge in [-0.2, -0.15) is 4.98 Å². The lowest BCUT2D eigenvalue weighted by atomic mass is 10.3. The molecule has 1 aliphatic heterocycles. The normalized spacial score (nSPS) is 18.6. The maximum absolute atomic E-state index is 4.91. The van der Waals surface area contributed by atoms with Gasteiger partial charge in [0.25, 0.3) is 0 Å². The third-order valence-electron chi connectivity index (χ3n) is 2.43. The molecule has 0 saturated carbocycles. The predicted molar refractivity (Wildman–Crippen MR) is 52.0 cm³/mol.